The molecule has 1 atom stereocenters. The summed E-state index contributed by atoms with van der Waals surface area (Å²) in [5, 5.41) is 14.0. The summed E-state index contributed by atoms with van der Waals surface area (Å²) in [5.74, 6) is -0.103. The van der Waals surface area contributed by atoms with E-state index < -0.39 is 5.97 Å². The van der Waals surface area contributed by atoms with Gasteiger partial charge in [0.25, 0.3) is 0 Å². The standard InChI is InChI=1S/C20H25N3O3S2/c1-2-5-14-6-3-4-7-16(14)21-12-15-8-9-18(24)23(15)10-11-27-20-22-17(13-28-20)19(25)26/h3-4,6-7,13,15,21H,2,5,8-12H2,1H3,(H,25,26). The molecule has 1 saturated heterocycles. The average molecular weight is 420 g/mol. The highest BCUT2D eigenvalue weighted by Gasteiger charge is 2.30. The number of carbonyl (C=O) groups is 2. The van der Waals surface area contributed by atoms with Gasteiger partial charge in [-0.1, -0.05) is 43.3 Å². The maximum atomic E-state index is 12.3. The van der Waals surface area contributed by atoms with Crippen molar-refractivity contribution >= 4 is 40.7 Å². The Morgan fingerprint density at radius 3 is 3.00 bits per heavy atom. The lowest BCUT2D eigenvalue weighted by molar-refractivity contribution is -0.128. The minimum absolute atomic E-state index is 0.0811. The molecule has 1 amide bonds. The number of para-hydroxylation sites is 1. The lowest BCUT2D eigenvalue weighted by Gasteiger charge is -2.25. The summed E-state index contributed by atoms with van der Waals surface area (Å²) in [6, 6.07) is 8.54. The highest BCUT2D eigenvalue weighted by atomic mass is 32.2. The van der Waals surface area contributed by atoms with Crippen LogP contribution in [0.2, 0.25) is 0 Å². The van der Waals surface area contributed by atoms with Gasteiger partial charge in [0, 0.05) is 42.4 Å². The van der Waals surface area contributed by atoms with Gasteiger partial charge in [0.2, 0.25) is 5.91 Å². The quantitative estimate of drug-likeness (QED) is 0.567. The maximum Gasteiger partial charge on any atom is 0.355 e. The van der Waals surface area contributed by atoms with E-state index in [9.17, 15) is 9.59 Å². The zero-order valence-corrected chi connectivity index (χ0v) is 17.5. The Balaban J connectivity index is 1.52. The third-order valence-electron chi connectivity index (χ3n) is 4.78. The van der Waals surface area contributed by atoms with Crippen molar-refractivity contribution in [1.82, 2.24) is 9.88 Å². The number of amides is 1. The van der Waals surface area contributed by atoms with Crippen LogP contribution in [0.1, 0.15) is 42.2 Å². The summed E-state index contributed by atoms with van der Waals surface area (Å²) in [5.41, 5.74) is 2.55. The van der Waals surface area contributed by atoms with Crippen LogP contribution in [0.15, 0.2) is 34.0 Å². The van der Waals surface area contributed by atoms with Crippen LogP contribution in [-0.4, -0.2) is 51.8 Å². The van der Waals surface area contributed by atoms with Crippen LogP contribution in [-0.2, 0) is 11.2 Å². The topological polar surface area (TPSA) is 82.5 Å². The minimum Gasteiger partial charge on any atom is -0.476 e. The third-order valence-corrected chi connectivity index (χ3v) is 6.78. The van der Waals surface area contributed by atoms with Crippen LogP contribution in [0.3, 0.4) is 0 Å². The lowest BCUT2D eigenvalue weighted by Crippen LogP contribution is -2.39. The number of nitrogens with zero attached hydrogens (tertiary/aromatic N) is 2. The van der Waals surface area contributed by atoms with Crippen LogP contribution >= 0.6 is 23.1 Å². The highest BCUT2D eigenvalue weighted by Crippen LogP contribution is 2.25. The van der Waals surface area contributed by atoms with Crippen molar-refractivity contribution < 1.29 is 14.7 Å². The number of thioether (sulfide) groups is 1. The summed E-state index contributed by atoms with van der Waals surface area (Å²) in [6.07, 6.45) is 3.60. The van der Waals surface area contributed by atoms with Gasteiger partial charge in [-0.05, 0) is 24.5 Å². The fourth-order valence-electron chi connectivity index (χ4n) is 3.37. The molecule has 0 bridgehead atoms. The Labute approximate surface area is 173 Å². The molecule has 2 aromatic rings. The summed E-state index contributed by atoms with van der Waals surface area (Å²) in [4.78, 5) is 29.2. The monoisotopic (exact) mass is 419 g/mol. The van der Waals surface area contributed by atoms with Gasteiger partial charge in [-0.3, -0.25) is 4.79 Å². The van der Waals surface area contributed by atoms with E-state index >= 15 is 0 Å². The fourth-order valence-corrected chi connectivity index (χ4v) is 5.18. The number of aromatic carboxylic acids is 1. The fraction of sp³-hybridized carbons (Fsp3) is 0.450. The molecule has 2 heterocycles. The zero-order valence-electron chi connectivity index (χ0n) is 15.9. The molecule has 0 saturated carbocycles. The summed E-state index contributed by atoms with van der Waals surface area (Å²) >= 11 is 2.83. The molecule has 6 nitrogen and oxygen atoms in total. The molecule has 2 N–H and O–H groups in total. The van der Waals surface area contributed by atoms with Crippen molar-refractivity contribution in [3.8, 4) is 0 Å². The van der Waals surface area contributed by atoms with Crippen molar-refractivity contribution in [2.24, 2.45) is 0 Å². The molecule has 3 rings (SSSR count). The van der Waals surface area contributed by atoms with Crippen LogP contribution in [0.25, 0.3) is 0 Å². The van der Waals surface area contributed by atoms with Crippen molar-refractivity contribution in [2.45, 2.75) is 43.0 Å². The van der Waals surface area contributed by atoms with E-state index in [1.54, 1.807) is 5.38 Å². The first kappa shape index (κ1) is 20.7. The molecular weight excluding hydrogens is 394 g/mol. The van der Waals surface area contributed by atoms with Gasteiger partial charge in [0.1, 0.15) is 0 Å². The molecule has 1 aliphatic rings. The second-order valence-corrected chi connectivity index (χ2v) is 8.92. The first-order chi connectivity index (χ1) is 13.6. The molecule has 28 heavy (non-hydrogen) atoms. The second kappa shape index (κ2) is 9.93. The number of aryl methyl sites for hydroxylation is 1. The number of nitrogens with one attached hydrogen (secondary N) is 1. The first-order valence-electron chi connectivity index (χ1n) is 9.51. The van der Waals surface area contributed by atoms with Crippen molar-refractivity contribution in [1.29, 1.82) is 0 Å². The molecule has 1 fully saturated rings. The van der Waals surface area contributed by atoms with Crippen LogP contribution < -0.4 is 5.32 Å². The molecular formula is C20H25N3O3S2. The number of carboxylic acid groups (broad SMARTS) is 1. The van der Waals surface area contributed by atoms with Crippen LogP contribution in [0.4, 0.5) is 5.69 Å². The molecule has 150 valence electrons. The minimum atomic E-state index is -1.01. The molecule has 0 spiro atoms. The number of anilines is 1. The number of carbonyl (C=O) groups excluding carboxylic acids is 1. The normalized spacial score (nSPS) is 16.5. The van der Waals surface area contributed by atoms with E-state index in [0.717, 1.165) is 35.8 Å². The second-order valence-electron chi connectivity index (χ2n) is 6.72. The van der Waals surface area contributed by atoms with E-state index in [2.05, 4.69) is 35.4 Å². The van der Waals surface area contributed by atoms with Gasteiger partial charge in [-0.15, -0.1) is 11.3 Å². The Morgan fingerprint density at radius 1 is 1.43 bits per heavy atom. The van der Waals surface area contributed by atoms with E-state index in [1.807, 2.05) is 11.0 Å². The predicted octanol–water partition coefficient (Wildman–Crippen LogP) is 3.99. The van der Waals surface area contributed by atoms with Crippen LogP contribution in [0, 0.1) is 0 Å². The molecule has 8 heteroatoms. The Bertz CT molecular complexity index is 825. The molecule has 1 aromatic heterocycles. The summed E-state index contributed by atoms with van der Waals surface area (Å²) in [6.45, 7) is 3.57. The Kier molecular flexibility index (Phi) is 7.33. The maximum absolute atomic E-state index is 12.3. The summed E-state index contributed by atoms with van der Waals surface area (Å²) < 4.78 is 0.729. The molecule has 0 radical (unpaired) electrons. The average Bonchev–Trinajstić information content (AvgIpc) is 3.29. The lowest BCUT2D eigenvalue weighted by atomic mass is 10.1. The number of aromatic nitrogens is 1. The molecule has 1 aromatic carbocycles. The Hall–Kier alpha value is -2.06. The van der Waals surface area contributed by atoms with Gasteiger partial charge in [0.15, 0.2) is 10.0 Å². The number of hydrogen-bond acceptors (Lipinski definition) is 6. The van der Waals surface area contributed by atoms with Crippen molar-refractivity contribution in [2.75, 3.05) is 24.2 Å². The predicted molar refractivity (Wildman–Crippen MR) is 113 cm³/mol. The molecule has 1 aliphatic heterocycles. The first-order valence-corrected chi connectivity index (χ1v) is 11.4. The number of hydrogen-bond donors (Lipinski definition) is 2. The SMILES string of the molecule is CCCc1ccccc1NCC1CCC(=O)N1CCSc1nc(C(=O)O)cs1. The van der Waals surface area contributed by atoms with Crippen LogP contribution in [0.5, 0.6) is 0 Å². The van der Waals surface area contributed by atoms with E-state index in [4.69, 9.17) is 5.11 Å². The number of rotatable bonds is 10. The smallest absolute Gasteiger partial charge is 0.355 e. The van der Waals surface area contributed by atoms with E-state index in [1.165, 1.54) is 28.7 Å². The van der Waals surface area contributed by atoms with Gasteiger partial charge in [-0.25, -0.2) is 9.78 Å². The molecule has 0 aliphatic carbocycles. The number of benzene rings is 1. The van der Waals surface area contributed by atoms with Gasteiger partial charge < -0.3 is 15.3 Å². The highest BCUT2D eigenvalue weighted by molar-refractivity contribution is 8.01. The number of likely N-dealkylation sites (tertiary alicyclic amines) is 1. The van der Waals surface area contributed by atoms with Crippen molar-refractivity contribution in [3.63, 3.8) is 0 Å². The van der Waals surface area contributed by atoms with Gasteiger partial charge >= 0.3 is 5.97 Å². The van der Waals surface area contributed by atoms with E-state index in [-0.39, 0.29) is 17.6 Å². The van der Waals surface area contributed by atoms with Gasteiger partial charge in [0.05, 0.1) is 0 Å². The number of carboxylic acids is 1. The zero-order chi connectivity index (χ0) is 19.9. The largest absolute Gasteiger partial charge is 0.476 e. The van der Waals surface area contributed by atoms with Gasteiger partial charge in [-0.2, -0.15) is 0 Å². The third kappa shape index (κ3) is 5.26. The van der Waals surface area contributed by atoms with Crippen molar-refractivity contribution in [3.05, 3.63) is 40.9 Å². The Morgan fingerprint density at radius 2 is 2.25 bits per heavy atom. The van der Waals surface area contributed by atoms with E-state index in [0.29, 0.717) is 18.7 Å². The summed E-state index contributed by atoms with van der Waals surface area (Å²) in [7, 11) is 0. The molecule has 1 unspecified atom stereocenters. The number of thiazole rings is 1.